The Labute approximate surface area is 80.3 Å². The second-order valence-electron chi connectivity index (χ2n) is 3.10. The Morgan fingerprint density at radius 1 is 1.31 bits per heavy atom. The Balaban J connectivity index is 4.23. The van der Waals surface area contributed by atoms with Crippen LogP contribution in [-0.2, 0) is 9.53 Å². The molecule has 74 valence electrons. The van der Waals surface area contributed by atoms with Crippen LogP contribution in [0.5, 0.6) is 0 Å². The maximum Gasteiger partial charge on any atom is 0.333 e. The van der Waals surface area contributed by atoms with Gasteiger partial charge in [0.25, 0.3) is 0 Å². The van der Waals surface area contributed by atoms with Gasteiger partial charge in [0.15, 0.2) is 0 Å². The lowest BCUT2D eigenvalue weighted by atomic mass is 10.1. The van der Waals surface area contributed by atoms with Crippen LogP contribution < -0.4 is 0 Å². The van der Waals surface area contributed by atoms with Crippen LogP contribution in [0.15, 0.2) is 23.3 Å². The molecular formula is C11H18O2. The van der Waals surface area contributed by atoms with Crippen molar-refractivity contribution in [2.24, 2.45) is 0 Å². The maximum atomic E-state index is 11.0. The lowest BCUT2D eigenvalue weighted by Crippen LogP contribution is -2.00. The summed E-state index contributed by atoms with van der Waals surface area (Å²) >= 11 is 0. The van der Waals surface area contributed by atoms with Crippen molar-refractivity contribution in [1.29, 1.82) is 0 Å². The van der Waals surface area contributed by atoms with E-state index in [0.717, 1.165) is 12.8 Å². The molecule has 0 amide bonds. The summed E-state index contributed by atoms with van der Waals surface area (Å²) in [5, 5.41) is 0. The molecule has 0 bridgehead atoms. The number of rotatable bonds is 4. The Hall–Kier alpha value is -1.05. The number of allylic oxidation sites excluding steroid dienone is 3. The van der Waals surface area contributed by atoms with Crippen molar-refractivity contribution in [2.75, 3.05) is 7.11 Å². The predicted molar refractivity (Wildman–Crippen MR) is 54.4 cm³/mol. The standard InChI is InChI=1S/C11H18O2/c1-5-6-9(2)7-8-10(3)11(12)13-4/h7-8H,5-6H2,1-4H3/b9-7-,10-8+. The summed E-state index contributed by atoms with van der Waals surface area (Å²) < 4.78 is 4.57. The zero-order valence-electron chi connectivity index (χ0n) is 8.89. The number of hydrogen-bond donors (Lipinski definition) is 0. The number of methoxy groups -OCH3 is 1. The third-order valence-electron chi connectivity index (χ3n) is 1.77. The van der Waals surface area contributed by atoms with Crippen LogP contribution in [0.2, 0.25) is 0 Å². The molecule has 0 heterocycles. The van der Waals surface area contributed by atoms with Crippen LogP contribution >= 0.6 is 0 Å². The fourth-order valence-corrected chi connectivity index (χ4v) is 0.974. The highest BCUT2D eigenvalue weighted by molar-refractivity contribution is 5.87. The highest BCUT2D eigenvalue weighted by Gasteiger charge is 2.00. The molecule has 0 fully saturated rings. The molecule has 0 saturated carbocycles. The van der Waals surface area contributed by atoms with E-state index in [1.165, 1.54) is 12.7 Å². The van der Waals surface area contributed by atoms with E-state index in [4.69, 9.17) is 0 Å². The van der Waals surface area contributed by atoms with E-state index >= 15 is 0 Å². The van der Waals surface area contributed by atoms with Crippen molar-refractivity contribution < 1.29 is 9.53 Å². The highest BCUT2D eigenvalue weighted by Crippen LogP contribution is 2.05. The molecule has 0 spiro atoms. The number of carbonyl (C=O) groups is 1. The minimum absolute atomic E-state index is 0.263. The first-order valence-corrected chi connectivity index (χ1v) is 4.54. The molecule has 0 aliphatic rings. The molecule has 0 aliphatic heterocycles. The molecule has 0 aromatic heterocycles. The van der Waals surface area contributed by atoms with E-state index in [0.29, 0.717) is 5.57 Å². The van der Waals surface area contributed by atoms with Crippen LogP contribution in [0.25, 0.3) is 0 Å². The van der Waals surface area contributed by atoms with Crippen molar-refractivity contribution in [1.82, 2.24) is 0 Å². The van der Waals surface area contributed by atoms with Gasteiger partial charge in [0.2, 0.25) is 0 Å². The first-order chi connectivity index (χ1) is 6.11. The van der Waals surface area contributed by atoms with Gasteiger partial charge in [-0.15, -0.1) is 0 Å². The largest absolute Gasteiger partial charge is 0.466 e. The molecule has 0 aliphatic carbocycles. The van der Waals surface area contributed by atoms with Crippen LogP contribution in [0.3, 0.4) is 0 Å². The molecular weight excluding hydrogens is 164 g/mol. The molecule has 2 nitrogen and oxygen atoms in total. The molecule has 0 rings (SSSR count). The second-order valence-corrected chi connectivity index (χ2v) is 3.10. The third-order valence-corrected chi connectivity index (χ3v) is 1.77. The van der Waals surface area contributed by atoms with Crippen LogP contribution in [0.1, 0.15) is 33.6 Å². The fraction of sp³-hybridized carbons (Fsp3) is 0.545. The average Bonchev–Trinajstić information content (AvgIpc) is 2.13. The zero-order chi connectivity index (χ0) is 10.3. The first-order valence-electron chi connectivity index (χ1n) is 4.54. The highest BCUT2D eigenvalue weighted by atomic mass is 16.5. The Bertz CT molecular complexity index is 224. The fourth-order valence-electron chi connectivity index (χ4n) is 0.974. The lowest BCUT2D eigenvalue weighted by molar-refractivity contribution is -0.136. The van der Waals surface area contributed by atoms with Crippen LogP contribution in [-0.4, -0.2) is 13.1 Å². The van der Waals surface area contributed by atoms with E-state index in [1.54, 1.807) is 13.0 Å². The molecule has 2 heteroatoms. The van der Waals surface area contributed by atoms with Crippen molar-refractivity contribution >= 4 is 5.97 Å². The summed E-state index contributed by atoms with van der Waals surface area (Å²) in [4.78, 5) is 11.0. The normalized spacial score (nSPS) is 12.9. The minimum atomic E-state index is -0.263. The van der Waals surface area contributed by atoms with E-state index < -0.39 is 0 Å². The van der Waals surface area contributed by atoms with Gasteiger partial charge in [0.05, 0.1) is 7.11 Å². The van der Waals surface area contributed by atoms with Gasteiger partial charge in [-0.3, -0.25) is 0 Å². The SMILES string of the molecule is CCC/C(C)=C\C=C(/C)C(=O)OC. The topological polar surface area (TPSA) is 26.3 Å². The van der Waals surface area contributed by atoms with E-state index in [-0.39, 0.29) is 5.97 Å². The molecule has 0 radical (unpaired) electrons. The molecule has 0 N–H and O–H groups in total. The summed E-state index contributed by atoms with van der Waals surface area (Å²) in [6.45, 7) is 5.94. The third kappa shape index (κ3) is 5.23. The zero-order valence-corrected chi connectivity index (χ0v) is 8.89. The molecule has 0 aromatic rings. The maximum absolute atomic E-state index is 11.0. The van der Waals surface area contributed by atoms with Crippen LogP contribution in [0, 0.1) is 0 Å². The average molecular weight is 182 g/mol. The summed E-state index contributed by atoms with van der Waals surface area (Å²) in [7, 11) is 1.39. The first kappa shape index (κ1) is 11.9. The molecule has 0 atom stereocenters. The summed E-state index contributed by atoms with van der Waals surface area (Å²) in [6, 6.07) is 0. The van der Waals surface area contributed by atoms with Gasteiger partial charge in [-0.05, 0) is 20.3 Å². The summed E-state index contributed by atoms with van der Waals surface area (Å²) in [6.07, 6.45) is 5.98. The van der Waals surface area contributed by atoms with E-state index in [1.807, 2.05) is 6.08 Å². The number of hydrogen-bond acceptors (Lipinski definition) is 2. The lowest BCUT2D eigenvalue weighted by Gasteiger charge is -1.97. The molecule has 0 aromatic carbocycles. The molecule has 0 unspecified atom stereocenters. The van der Waals surface area contributed by atoms with Gasteiger partial charge in [0, 0.05) is 5.57 Å². The van der Waals surface area contributed by atoms with Crippen molar-refractivity contribution in [2.45, 2.75) is 33.6 Å². The smallest absolute Gasteiger partial charge is 0.333 e. The van der Waals surface area contributed by atoms with Crippen molar-refractivity contribution in [3.05, 3.63) is 23.3 Å². The van der Waals surface area contributed by atoms with Crippen molar-refractivity contribution in [3.8, 4) is 0 Å². The van der Waals surface area contributed by atoms with Crippen LogP contribution in [0.4, 0.5) is 0 Å². The van der Waals surface area contributed by atoms with Gasteiger partial charge in [-0.2, -0.15) is 0 Å². The monoisotopic (exact) mass is 182 g/mol. The quantitative estimate of drug-likeness (QED) is 0.379. The number of ether oxygens (including phenoxy) is 1. The Kier molecular flexibility index (Phi) is 5.94. The minimum Gasteiger partial charge on any atom is -0.466 e. The number of carbonyl (C=O) groups excluding carboxylic acids is 1. The van der Waals surface area contributed by atoms with E-state index in [9.17, 15) is 4.79 Å². The van der Waals surface area contributed by atoms with Gasteiger partial charge < -0.3 is 4.74 Å². The molecule has 13 heavy (non-hydrogen) atoms. The van der Waals surface area contributed by atoms with Crippen molar-refractivity contribution in [3.63, 3.8) is 0 Å². The van der Waals surface area contributed by atoms with Gasteiger partial charge in [-0.25, -0.2) is 4.79 Å². The summed E-state index contributed by atoms with van der Waals surface area (Å²) in [5.41, 5.74) is 1.92. The van der Waals surface area contributed by atoms with Gasteiger partial charge >= 0.3 is 5.97 Å². The predicted octanol–water partition coefficient (Wildman–Crippen LogP) is 2.85. The van der Waals surface area contributed by atoms with E-state index in [2.05, 4.69) is 18.6 Å². The Morgan fingerprint density at radius 3 is 2.38 bits per heavy atom. The second kappa shape index (κ2) is 6.46. The Morgan fingerprint density at radius 2 is 1.92 bits per heavy atom. The number of esters is 1. The van der Waals surface area contributed by atoms with Gasteiger partial charge in [0.1, 0.15) is 0 Å². The molecule has 0 saturated heterocycles. The summed E-state index contributed by atoms with van der Waals surface area (Å²) in [5.74, 6) is -0.263. The van der Waals surface area contributed by atoms with Gasteiger partial charge in [-0.1, -0.05) is 31.1 Å².